The largest absolute Gasteiger partial charge is 0.493 e. The molecule has 1 saturated heterocycles. The van der Waals surface area contributed by atoms with E-state index in [-0.39, 0.29) is 5.91 Å². The van der Waals surface area contributed by atoms with Gasteiger partial charge in [-0.15, -0.1) is 0 Å². The molecule has 0 saturated carbocycles. The Balaban J connectivity index is 1.73. The molecule has 9 heteroatoms. The number of methoxy groups -OCH3 is 1. The van der Waals surface area contributed by atoms with Gasteiger partial charge in [0, 0.05) is 0 Å². The number of aliphatic imine (C=N–C) groups is 1. The molecule has 3 aromatic rings. The Bertz CT molecular complexity index is 1370. The van der Waals surface area contributed by atoms with E-state index in [2.05, 4.69) is 22.6 Å². The number of amidine groups is 1. The topological polar surface area (TPSA) is 88.4 Å². The van der Waals surface area contributed by atoms with Gasteiger partial charge in [-0.05, 0) is 96.2 Å². The lowest BCUT2D eigenvalue weighted by Crippen LogP contribution is -2.28. The quantitative estimate of drug-likeness (QED) is 0.252. The molecule has 184 valence electrons. The van der Waals surface area contributed by atoms with Crippen molar-refractivity contribution in [1.82, 2.24) is 0 Å². The number of nitrogens with zero attached hydrogens (tertiary/aromatic N) is 2. The van der Waals surface area contributed by atoms with E-state index in [0.29, 0.717) is 25.1 Å². The number of halogens is 1. The molecule has 0 aliphatic carbocycles. The van der Waals surface area contributed by atoms with Gasteiger partial charge in [-0.2, -0.15) is 0 Å². The number of carboxylic acid groups (broad SMARTS) is 1. The number of carbonyl (C=O) groups is 2. The van der Waals surface area contributed by atoms with Crippen molar-refractivity contribution >= 4 is 68.8 Å². The van der Waals surface area contributed by atoms with E-state index in [9.17, 15) is 9.59 Å². The maximum atomic E-state index is 13.6. The second kappa shape index (κ2) is 11.2. The van der Waals surface area contributed by atoms with E-state index in [1.54, 1.807) is 17.0 Å². The Kier molecular flexibility index (Phi) is 8.00. The van der Waals surface area contributed by atoms with Crippen LogP contribution >= 0.6 is 34.4 Å². The molecule has 36 heavy (non-hydrogen) atoms. The molecule has 0 bridgehead atoms. The van der Waals surface area contributed by atoms with Crippen LogP contribution in [0, 0.1) is 17.4 Å². The predicted molar refractivity (Wildman–Crippen MR) is 151 cm³/mol. The summed E-state index contributed by atoms with van der Waals surface area (Å²) in [5.41, 5.74) is 4.43. The molecule has 0 spiro atoms. The van der Waals surface area contributed by atoms with Crippen LogP contribution in [0.2, 0.25) is 0 Å². The van der Waals surface area contributed by atoms with E-state index in [1.165, 1.54) is 18.9 Å². The summed E-state index contributed by atoms with van der Waals surface area (Å²) in [6.07, 6.45) is 1.78. The van der Waals surface area contributed by atoms with Gasteiger partial charge in [0.25, 0.3) is 5.91 Å². The molecule has 4 rings (SSSR count). The van der Waals surface area contributed by atoms with Crippen LogP contribution in [0.3, 0.4) is 0 Å². The molecular weight excluding hydrogens is 591 g/mol. The normalized spacial score (nSPS) is 15.6. The average molecular weight is 614 g/mol. The molecule has 1 N–H and O–H groups in total. The highest BCUT2D eigenvalue weighted by atomic mass is 127. The third-order valence-corrected chi connectivity index (χ3v) is 7.02. The number of aliphatic carboxylic acids is 1. The van der Waals surface area contributed by atoms with Crippen LogP contribution in [0.1, 0.15) is 16.7 Å². The van der Waals surface area contributed by atoms with Gasteiger partial charge in [0.15, 0.2) is 23.3 Å². The molecule has 1 aliphatic rings. The van der Waals surface area contributed by atoms with Gasteiger partial charge < -0.3 is 14.6 Å². The van der Waals surface area contributed by atoms with Gasteiger partial charge in [0.1, 0.15) is 0 Å². The smallest absolute Gasteiger partial charge is 0.341 e. The van der Waals surface area contributed by atoms with Crippen molar-refractivity contribution in [2.45, 2.75) is 13.8 Å². The summed E-state index contributed by atoms with van der Waals surface area (Å²) < 4.78 is 11.5. The SMILES string of the molecule is COc1cc(/C=C2/SC(=Nc3ccc(C)cc3)N(c3ccc(C)cc3)C2=O)cc(I)c1OCC(=O)O. The number of anilines is 1. The minimum atomic E-state index is -1.08. The third kappa shape index (κ3) is 5.90. The van der Waals surface area contributed by atoms with Crippen LogP contribution in [0.5, 0.6) is 11.5 Å². The van der Waals surface area contributed by atoms with Gasteiger partial charge in [-0.25, -0.2) is 9.79 Å². The van der Waals surface area contributed by atoms with Crippen LogP contribution in [0.25, 0.3) is 6.08 Å². The lowest BCUT2D eigenvalue weighted by atomic mass is 10.1. The number of amides is 1. The number of rotatable bonds is 7. The fourth-order valence-electron chi connectivity index (χ4n) is 3.45. The van der Waals surface area contributed by atoms with E-state index < -0.39 is 12.6 Å². The summed E-state index contributed by atoms with van der Waals surface area (Å²) in [5.74, 6) is -0.538. The number of carbonyl (C=O) groups excluding carboxylic acids is 1. The first-order valence-electron chi connectivity index (χ1n) is 10.9. The van der Waals surface area contributed by atoms with Crippen LogP contribution < -0.4 is 14.4 Å². The highest BCUT2D eigenvalue weighted by Gasteiger charge is 2.35. The first-order chi connectivity index (χ1) is 17.2. The summed E-state index contributed by atoms with van der Waals surface area (Å²) in [5, 5.41) is 9.50. The van der Waals surface area contributed by atoms with Crippen LogP contribution in [-0.4, -0.2) is 35.9 Å². The number of hydrogen-bond donors (Lipinski definition) is 1. The van der Waals surface area contributed by atoms with Gasteiger partial charge in [-0.1, -0.05) is 35.4 Å². The van der Waals surface area contributed by atoms with Crippen molar-refractivity contribution in [1.29, 1.82) is 0 Å². The Hall–Kier alpha value is -3.31. The lowest BCUT2D eigenvalue weighted by molar-refractivity contribution is -0.139. The summed E-state index contributed by atoms with van der Waals surface area (Å²) in [4.78, 5) is 31.4. The summed E-state index contributed by atoms with van der Waals surface area (Å²) in [6.45, 7) is 3.53. The number of ether oxygens (including phenoxy) is 2. The highest BCUT2D eigenvalue weighted by molar-refractivity contribution is 14.1. The van der Waals surface area contributed by atoms with Crippen molar-refractivity contribution in [2.24, 2.45) is 4.99 Å². The zero-order chi connectivity index (χ0) is 25.8. The second-order valence-electron chi connectivity index (χ2n) is 8.03. The average Bonchev–Trinajstić information content (AvgIpc) is 3.14. The highest BCUT2D eigenvalue weighted by Crippen LogP contribution is 2.39. The fourth-order valence-corrected chi connectivity index (χ4v) is 5.23. The fraction of sp³-hybridized carbons (Fsp3) is 0.148. The third-order valence-electron chi connectivity index (χ3n) is 5.25. The Morgan fingerprint density at radius 1 is 1.08 bits per heavy atom. The molecule has 1 fully saturated rings. The first-order valence-corrected chi connectivity index (χ1v) is 12.8. The number of thioether (sulfide) groups is 1. The standard InChI is InChI=1S/C27H23IN2O5S/c1-16-4-8-19(9-5-16)29-27-30(20-10-6-17(2)7-11-20)26(33)23(36-27)14-18-12-21(28)25(22(13-18)34-3)35-15-24(31)32/h4-14H,15H2,1-3H3,(H,31,32)/b23-14+,29-27?. The minimum Gasteiger partial charge on any atom is -0.493 e. The monoisotopic (exact) mass is 614 g/mol. The molecule has 0 radical (unpaired) electrons. The van der Waals surface area contributed by atoms with Crippen LogP contribution in [0.4, 0.5) is 11.4 Å². The molecule has 1 amide bonds. The molecular formula is C27H23IN2O5S. The number of hydrogen-bond acceptors (Lipinski definition) is 6. The zero-order valence-electron chi connectivity index (χ0n) is 19.8. The van der Waals surface area contributed by atoms with E-state index in [4.69, 9.17) is 19.6 Å². The van der Waals surface area contributed by atoms with Crippen molar-refractivity contribution in [3.05, 3.63) is 85.8 Å². The van der Waals surface area contributed by atoms with Crippen molar-refractivity contribution < 1.29 is 24.2 Å². The maximum Gasteiger partial charge on any atom is 0.341 e. The molecule has 1 aliphatic heterocycles. The van der Waals surface area contributed by atoms with Crippen molar-refractivity contribution in [3.8, 4) is 11.5 Å². The summed E-state index contributed by atoms with van der Waals surface area (Å²) in [7, 11) is 1.48. The first kappa shape index (κ1) is 25.8. The van der Waals surface area contributed by atoms with Crippen LogP contribution in [-0.2, 0) is 9.59 Å². The number of carboxylic acids is 1. The van der Waals surface area contributed by atoms with Gasteiger partial charge in [-0.3, -0.25) is 9.69 Å². The summed E-state index contributed by atoms with van der Waals surface area (Å²) in [6, 6.07) is 19.1. The molecule has 3 aromatic carbocycles. The number of benzene rings is 3. The minimum absolute atomic E-state index is 0.185. The Morgan fingerprint density at radius 3 is 2.33 bits per heavy atom. The van der Waals surface area contributed by atoms with Gasteiger partial charge in [0.05, 0.1) is 27.0 Å². The predicted octanol–water partition coefficient (Wildman–Crippen LogP) is 6.19. The van der Waals surface area contributed by atoms with Crippen molar-refractivity contribution in [2.75, 3.05) is 18.6 Å². The van der Waals surface area contributed by atoms with E-state index >= 15 is 0 Å². The second-order valence-corrected chi connectivity index (χ2v) is 10.2. The molecule has 0 unspecified atom stereocenters. The van der Waals surface area contributed by atoms with Crippen molar-refractivity contribution in [3.63, 3.8) is 0 Å². The lowest BCUT2D eigenvalue weighted by Gasteiger charge is -2.16. The van der Waals surface area contributed by atoms with Crippen LogP contribution in [0.15, 0.2) is 70.6 Å². The Morgan fingerprint density at radius 2 is 1.72 bits per heavy atom. The summed E-state index contributed by atoms with van der Waals surface area (Å²) >= 11 is 3.35. The maximum absolute atomic E-state index is 13.6. The molecule has 0 atom stereocenters. The van der Waals surface area contributed by atoms with Gasteiger partial charge in [0.2, 0.25) is 0 Å². The Labute approximate surface area is 227 Å². The number of aryl methyl sites for hydroxylation is 2. The molecule has 7 nitrogen and oxygen atoms in total. The van der Waals surface area contributed by atoms with E-state index in [0.717, 1.165) is 28.1 Å². The zero-order valence-corrected chi connectivity index (χ0v) is 22.8. The molecule has 1 heterocycles. The molecule has 0 aromatic heterocycles. The van der Waals surface area contributed by atoms with Gasteiger partial charge >= 0.3 is 5.97 Å². The van der Waals surface area contributed by atoms with E-state index in [1.807, 2.05) is 68.4 Å².